The van der Waals surface area contributed by atoms with Crippen LogP contribution in [0, 0.1) is 11.8 Å². The lowest BCUT2D eigenvalue weighted by Crippen LogP contribution is -2.29. The number of hydrogen-bond acceptors (Lipinski definition) is 3. The van der Waals surface area contributed by atoms with E-state index in [0.29, 0.717) is 24.1 Å². The Bertz CT molecular complexity index is 542. The molecule has 0 aliphatic heterocycles. The quantitative estimate of drug-likeness (QED) is 0.762. The van der Waals surface area contributed by atoms with E-state index < -0.39 is 10.0 Å². The molecule has 1 aliphatic carbocycles. The summed E-state index contributed by atoms with van der Waals surface area (Å²) in [5, 5.41) is 0. The Morgan fingerprint density at radius 3 is 2.67 bits per heavy atom. The Labute approximate surface area is 120 Å². The van der Waals surface area contributed by atoms with Crippen LogP contribution in [0.25, 0.3) is 0 Å². The molecule has 1 fully saturated rings. The van der Waals surface area contributed by atoms with Crippen LogP contribution in [0.4, 0.5) is 0 Å². The summed E-state index contributed by atoms with van der Waals surface area (Å²) in [7, 11) is -1.91. The maximum Gasteiger partial charge on any atom is 0.247 e. The molecular formula is C11H15BrClNO3S. The first-order valence-corrected chi connectivity index (χ1v) is 8.43. The van der Waals surface area contributed by atoms with E-state index in [4.69, 9.17) is 16.0 Å². The van der Waals surface area contributed by atoms with Gasteiger partial charge in [0.05, 0.1) is 5.88 Å². The van der Waals surface area contributed by atoms with Crippen molar-refractivity contribution in [2.75, 3.05) is 13.6 Å². The minimum Gasteiger partial charge on any atom is -0.452 e. The topological polar surface area (TPSA) is 50.5 Å². The molecule has 0 radical (unpaired) electrons. The lowest BCUT2D eigenvalue weighted by molar-refractivity contribution is 0.441. The van der Waals surface area contributed by atoms with Crippen LogP contribution < -0.4 is 0 Å². The van der Waals surface area contributed by atoms with Crippen molar-refractivity contribution in [2.45, 2.75) is 24.1 Å². The Balaban J connectivity index is 2.20. The maximum atomic E-state index is 12.3. The molecule has 7 heteroatoms. The summed E-state index contributed by atoms with van der Waals surface area (Å²) in [6.07, 6.45) is 1.10. The van der Waals surface area contributed by atoms with Crippen molar-refractivity contribution >= 4 is 37.6 Å². The first-order valence-electron chi connectivity index (χ1n) is 5.66. The Hall–Kier alpha value is -0.0400. The van der Waals surface area contributed by atoms with Gasteiger partial charge in [0.1, 0.15) is 10.7 Å². The lowest BCUT2D eigenvalue weighted by atomic mass is 10.3. The molecule has 0 bridgehead atoms. The summed E-state index contributed by atoms with van der Waals surface area (Å²) in [5.41, 5.74) is 0. The highest BCUT2D eigenvalue weighted by atomic mass is 79.9. The second-order valence-corrected chi connectivity index (χ2v) is 7.74. The summed E-state index contributed by atoms with van der Waals surface area (Å²) in [6.45, 7) is 2.68. The minimum absolute atomic E-state index is 0.147. The molecule has 102 valence electrons. The maximum absolute atomic E-state index is 12.3. The van der Waals surface area contributed by atoms with Crippen LogP contribution in [0.15, 0.2) is 20.0 Å². The van der Waals surface area contributed by atoms with Crippen LogP contribution in [-0.4, -0.2) is 26.3 Å². The minimum atomic E-state index is -3.50. The molecule has 1 heterocycles. The van der Waals surface area contributed by atoms with Gasteiger partial charge in [0, 0.05) is 19.7 Å². The van der Waals surface area contributed by atoms with Gasteiger partial charge in [-0.3, -0.25) is 0 Å². The van der Waals surface area contributed by atoms with Crippen molar-refractivity contribution in [3.05, 3.63) is 16.5 Å². The molecule has 1 saturated carbocycles. The van der Waals surface area contributed by atoms with Gasteiger partial charge in [-0.05, 0) is 34.2 Å². The number of sulfonamides is 1. The fraction of sp³-hybridized carbons (Fsp3) is 0.636. The highest BCUT2D eigenvalue weighted by Gasteiger charge is 2.37. The SMILES string of the molecule is CC1CC1CN(C)S(=O)(=O)c1cc(CCl)oc1Br. The number of halogens is 2. The van der Waals surface area contributed by atoms with Crippen LogP contribution in [0.3, 0.4) is 0 Å². The monoisotopic (exact) mass is 355 g/mol. The average molecular weight is 357 g/mol. The Morgan fingerprint density at radius 2 is 2.22 bits per heavy atom. The molecule has 2 atom stereocenters. The zero-order valence-corrected chi connectivity index (χ0v) is 13.3. The summed E-state index contributed by atoms with van der Waals surface area (Å²) >= 11 is 8.76. The smallest absolute Gasteiger partial charge is 0.247 e. The third-order valence-electron chi connectivity index (χ3n) is 3.29. The summed E-state index contributed by atoms with van der Waals surface area (Å²) in [5.74, 6) is 1.68. The molecule has 0 saturated heterocycles. The standard InChI is InChI=1S/C11H15BrClNO3S/c1-7-3-8(7)6-14(2)18(15,16)10-4-9(5-13)17-11(10)12/h4,7-8H,3,5-6H2,1-2H3. The Morgan fingerprint density at radius 1 is 1.61 bits per heavy atom. The Kier molecular flexibility index (Phi) is 4.11. The third-order valence-corrected chi connectivity index (χ3v) is 6.24. The summed E-state index contributed by atoms with van der Waals surface area (Å²) < 4.78 is 31.5. The number of rotatable bonds is 5. The van der Waals surface area contributed by atoms with Crippen molar-refractivity contribution in [1.29, 1.82) is 0 Å². The van der Waals surface area contributed by atoms with E-state index in [1.807, 2.05) is 0 Å². The first kappa shape index (κ1) is 14.4. The van der Waals surface area contributed by atoms with E-state index in [0.717, 1.165) is 6.42 Å². The van der Waals surface area contributed by atoms with Crippen LogP contribution in [0.1, 0.15) is 19.1 Å². The van der Waals surface area contributed by atoms with E-state index in [9.17, 15) is 8.42 Å². The number of hydrogen-bond donors (Lipinski definition) is 0. The fourth-order valence-corrected chi connectivity index (χ4v) is 4.21. The van der Waals surface area contributed by atoms with Gasteiger partial charge in [0.2, 0.25) is 10.0 Å². The highest BCUT2D eigenvalue weighted by Crippen LogP contribution is 2.39. The molecular weight excluding hydrogens is 342 g/mol. The molecule has 2 rings (SSSR count). The van der Waals surface area contributed by atoms with Gasteiger partial charge in [-0.25, -0.2) is 12.7 Å². The molecule has 1 aromatic rings. The van der Waals surface area contributed by atoms with Crippen LogP contribution in [0.2, 0.25) is 0 Å². The molecule has 1 aromatic heterocycles. The van der Waals surface area contributed by atoms with Gasteiger partial charge in [-0.2, -0.15) is 0 Å². The largest absolute Gasteiger partial charge is 0.452 e. The number of nitrogens with zero attached hydrogens (tertiary/aromatic N) is 1. The lowest BCUT2D eigenvalue weighted by Gasteiger charge is -2.15. The van der Waals surface area contributed by atoms with E-state index in [1.165, 1.54) is 10.4 Å². The van der Waals surface area contributed by atoms with Crippen molar-refractivity contribution in [2.24, 2.45) is 11.8 Å². The summed E-state index contributed by atoms with van der Waals surface area (Å²) in [4.78, 5) is 0.147. The molecule has 18 heavy (non-hydrogen) atoms. The normalized spacial score (nSPS) is 23.6. The zero-order chi connectivity index (χ0) is 13.5. The molecule has 0 aromatic carbocycles. The van der Waals surface area contributed by atoms with E-state index >= 15 is 0 Å². The zero-order valence-electron chi connectivity index (χ0n) is 10.2. The van der Waals surface area contributed by atoms with Gasteiger partial charge in [0.15, 0.2) is 4.67 Å². The predicted octanol–water partition coefficient (Wildman–Crippen LogP) is 3.06. The van der Waals surface area contributed by atoms with Crippen LogP contribution in [-0.2, 0) is 15.9 Å². The molecule has 0 amide bonds. The van der Waals surface area contributed by atoms with E-state index in [-0.39, 0.29) is 15.4 Å². The third kappa shape index (κ3) is 2.76. The molecule has 4 nitrogen and oxygen atoms in total. The van der Waals surface area contributed by atoms with Crippen molar-refractivity contribution in [3.63, 3.8) is 0 Å². The van der Waals surface area contributed by atoms with Gasteiger partial charge in [-0.15, -0.1) is 11.6 Å². The molecule has 1 aliphatic rings. The van der Waals surface area contributed by atoms with Crippen LogP contribution >= 0.6 is 27.5 Å². The average Bonchev–Trinajstić information content (AvgIpc) is 2.85. The molecule has 0 N–H and O–H groups in total. The van der Waals surface area contributed by atoms with E-state index in [1.54, 1.807) is 7.05 Å². The van der Waals surface area contributed by atoms with Crippen molar-refractivity contribution in [1.82, 2.24) is 4.31 Å². The van der Waals surface area contributed by atoms with E-state index in [2.05, 4.69) is 22.9 Å². The molecule has 0 spiro atoms. The predicted molar refractivity (Wildman–Crippen MR) is 73.1 cm³/mol. The first-order chi connectivity index (χ1) is 8.36. The highest BCUT2D eigenvalue weighted by molar-refractivity contribution is 9.10. The second-order valence-electron chi connectivity index (χ2n) is 4.74. The fourth-order valence-electron chi connectivity index (χ4n) is 1.89. The van der Waals surface area contributed by atoms with Gasteiger partial charge >= 0.3 is 0 Å². The van der Waals surface area contributed by atoms with Crippen molar-refractivity contribution < 1.29 is 12.8 Å². The van der Waals surface area contributed by atoms with Crippen LogP contribution in [0.5, 0.6) is 0 Å². The van der Waals surface area contributed by atoms with Gasteiger partial charge in [0.25, 0.3) is 0 Å². The molecule has 2 unspecified atom stereocenters. The van der Waals surface area contributed by atoms with Gasteiger partial charge in [-0.1, -0.05) is 6.92 Å². The van der Waals surface area contributed by atoms with Crippen molar-refractivity contribution in [3.8, 4) is 0 Å². The number of alkyl halides is 1. The second kappa shape index (κ2) is 5.15. The van der Waals surface area contributed by atoms with Gasteiger partial charge < -0.3 is 4.42 Å². The summed E-state index contributed by atoms with van der Waals surface area (Å²) in [6, 6.07) is 1.47. The number of furan rings is 1.